The fraction of sp³-hybridized carbons (Fsp3) is 0.462. The van der Waals surface area contributed by atoms with Crippen LogP contribution in [0.5, 0.6) is 0 Å². The van der Waals surface area contributed by atoms with Crippen LogP contribution in [-0.4, -0.2) is 4.98 Å². The zero-order valence-corrected chi connectivity index (χ0v) is 10.4. The lowest BCUT2D eigenvalue weighted by Gasteiger charge is -1.98. The highest BCUT2D eigenvalue weighted by Gasteiger charge is 2.26. The summed E-state index contributed by atoms with van der Waals surface area (Å²) in [4.78, 5) is 4.22. The maximum absolute atomic E-state index is 4.22. The third kappa shape index (κ3) is 1.91. The van der Waals surface area contributed by atoms with Gasteiger partial charge in [0, 0.05) is 17.8 Å². The molecule has 0 saturated heterocycles. The molecule has 0 bridgehead atoms. The highest BCUT2D eigenvalue weighted by molar-refractivity contribution is 7.17. The second-order valence-electron chi connectivity index (χ2n) is 3.79. The molecule has 2 heterocycles. The first-order chi connectivity index (χ1) is 7.36. The summed E-state index contributed by atoms with van der Waals surface area (Å²) in [6.45, 7) is 6.16. The number of fused-ring (bicyclic) bond motifs is 1. The smallest absolute Gasteiger partial charge is 0.0531 e. The van der Waals surface area contributed by atoms with Crippen molar-refractivity contribution >= 4 is 21.4 Å². The number of hydrogen-bond acceptors (Lipinski definition) is 2. The van der Waals surface area contributed by atoms with E-state index in [1.54, 1.807) is 5.56 Å². The Labute approximate surface area is 95.2 Å². The Balaban J connectivity index is 0.000000404. The Morgan fingerprint density at radius 3 is 2.67 bits per heavy atom. The van der Waals surface area contributed by atoms with Gasteiger partial charge in [-0.05, 0) is 42.2 Å². The number of nitrogens with zero attached hydrogens (tertiary/aromatic N) is 1. The highest BCUT2D eigenvalue weighted by Crippen LogP contribution is 2.45. The number of hydrogen-bond donors (Lipinski definition) is 0. The van der Waals surface area contributed by atoms with Gasteiger partial charge in [-0.15, -0.1) is 11.3 Å². The Hall–Kier alpha value is -0.890. The summed E-state index contributed by atoms with van der Waals surface area (Å²) in [5.41, 5.74) is 2.90. The van der Waals surface area contributed by atoms with Crippen LogP contribution in [0.25, 0.3) is 10.1 Å². The van der Waals surface area contributed by atoms with Gasteiger partial charge in [0.2, 0.25) is 0 Å². The van der Waals surface area contributed by atoms with Crippen molar-refractivity contribution in [1.29, 1.82) is 0 Å². The zero-order valence-electron chi connectivity index (χ0n) is 9.58. The lowest BCUT2D eigenvalue weighted by atomic mass is 10.1. The first-order valence-electron chi connectivity index (χ1n) is 5.68. The predicted octanol–water partition coefficient (Wildman–Crippen LogP) is 4.51. The summed E-state index contributed by atoms with van der Waals surface area (Å²) in [5.74, 6) is 0.856. The Bertz CT molecular complexity index is 455. The van der Waals surface area contributed by atoms with Crippen molar-refractivity contribution in [3.63, 3.8) is 0 Å². The van der Waals surface area contributed by atoms with E-state index in [1.807, 2.05) is 37.6 Å². The summed E-state index contributed by atoms with van der Waals surface area (Å²) < 4.78 is 1.35. The molecule has 80 valence electrons. The van der Waals surface area contributed by atoms with Crippen molar-refractivity contribution in [1.82, 2.24) is 4.98 Å². The molecule has 1 aliphatic rings. The van der Waals surface area contributed by atoms with Crippen LogP contribution < -0.4 is 0 Å². The molecule has 2 heteroatoms. The summed E-state index contributed by atoms with van der Waals surface area (Å²) in [7, 11) is 0. The van der Waals surface area contributed by atoms with Gasteiger partial charge in [0.25, 0.3) is 0 Å². The maximum Gasteiger partial charge on any atom is 0.0531 e. The van der Waals surface area contributed by atoms with Crippen molar-refractivity contribution < 1.29 is 0 Å². The maximum atomic E-state index is 4.22. The van der Waals surface area contributed by atoms with Crippen LogP contribution in [0.15, 0.2) is 17.8 Å². The molecule has 0 N–H and O–H groups in total. The number of aromatic nitrogens is 1. The summed E-state index contributed by atoms with van der Waals surface area (Å²) >= 11 is 1.83. The molecule has 1 nitrogen and oxygen atoms in total. The van der Waals surface area contributed by atoms with E-state index in [2.05, 4.69) is 17.3 Å². The largest absolute Gasteiger partial charge is 0.263 e. The van der Waals surface area contributed by atoms with E-state index in [9.17, 15) is 0 Å². The average molecular weight is 219 g/mol. The van der Waals surface area contributed by atoms with Crippen LogP contribution >= 0.6 is 11.3 Å². The number of pyridine rings is 1. The van der Waals surface area contributed by atoms with Crippen molar-refractivity contribution in [2.75, 3.05) is 0 Å². The fourth-order valence-electron chi connectivity index (χ4n) is 1.88. The van der Waals surface area contributed by atoms with Gasteiger partial charge in [0.1, 0.15) is 0 Å². The fourth-order valence-corrected chi connectivity index (χ4v) is 2.96. The number of aryl methyl sites for hydroxylation is 1. The monoisotopic (exact) mass is 219 g/mol. The van der Waals surface area contributed by atoms with Gasteiger partial charge in [-0.3, -0.25) is 4.98 Å². The minimum Gasteiger partial charge on any atom is -0.263 e. The molecule has 0 atom stereocenters. The highest BCUT2D eigenvalue weighted by atomic mass is 32.1. The second-order valence-corrected chi connectivity index (χ2v) is 4.71. The standard InChI is InChI=1S/C11H11NS.C2H6/c1-7-4-12-5-10-11(7)9(6-13-10)8-2-3-8;1-2/h4-6,8H,2-3H2,1H3;1-2H3. The van der Waals surface area contributed by atoms with Gasteiger partial charge >= 0.3 is 0 Å². The predicted molar refractivity (Wildman–Crippen MR) is 67.7 cm³/mol. The number of thiophene rings is 1. The molecule has 0 aromatic carbocycles. The molecule has 0 aliphatic heterocycles. The minimum absolute atomic E-state index is 0.856. The van der Waals surface area contributed by atoms with Gasteiger partial charge in [0.05, 0.1) is 4.70 Å². The summed E-state index contributed by atoms with van der Waals surface area (Å²) in [6, 6.07) is 0. The van der Waals surface area contributed by atoms with Crippen molar-refractivity contribution in [2.45, 2.75) is 39.5 Å². The molecule has 15 heavy (non-hydrogen) atoms. The summed E-state index contributed by atoms with van der Waals surface area (Å²) in [6.07, 6.45) is 6.72. The van der Waals surface area contributed by atoms with Crippen LogP contribution in [0, 0.1) is 6.92 Å². The van der Waals surface area contributed by atoms with E-state index in [0.717, 1.165) is 5.92 Å². The molecule has 0 amide bonds. The van der Waals surface area contributed by atoms with Crippen LogP contribution in [-0.2, 0) is 0 Å². The third-order valence-corrected chi connectivity index (χ3v) is 3.65. The Morgan fingerprint density at radius 2 is 2.00 bits per heavy atom. The topological polar surface area (TPSA) is 12.9 Å². The van der Waals surface area contributed by atoms with Gasteiger partial charge in [-0.25, -0.2) is 0 Å². The second kappa shape index (κ2) is 4.31. The van der Waals surface area contributed by atoms with Gasteiger partial charge < -0.3 is 0 Å². The quantitative estimate of drug-likeness (QED) is 0.687. The molecular weight excluding hydrogens is 202 g/mol. The minimum atomic E-state index is 0.856. The molecule has 0 unspecified atom stereocenters. The van der Waals surface area contributed by atoms with Gasteiger partial charge in [-0.1, -0.05) is 13.8 Å². The van der Waals surface area contributed by atoms with E-state index in [4.69, 9.17) is 0 Å². The van der Waals surface area contributed by atoms with Crippen LogP contribution in [0.4, 0.5) is 0 Å². The number of rotatable bonds is 1. The molecule has 2 aromatic rings. The van der Waals surface area contributed by atoms with E-state index in [-0.39, 0.29) is 0 Å². The average Bonchev–Trinajstić information content (AvgIpc) is 3.02. The first kappa shape index (κ1) is 10.6. The van der Waals surface area contributed by atoms with Gasteiger partial charge in [-0.2, -0.15) is 0 Å². The molecule has 1 saturated carbocycles. The van der Waals surface area contributed by atoms with Crippen molar-refractivity contribution in [3.8, 4) is 0 Å². The third-order valence-electron chi connectivity index (χ3n) is 2.72. The van der Waals surface area contributed by atoms with Crippen LogP contribution in [0.2, 0.25) is 0 Å². The van der Waals surface area contributed by atoms with E-state index in [1.165, 1.54) is 28.5 Å². The SMILES string of the molecule is CC.Cc1cncc2scc(C3CC3)c12. The molecule has 2 aromatic heterocycles. The zero-order chi connectivity index (χ0) is 10.8. The molecule has 0 radical (unpaired) electrons. The first-order valence-corrected chi connectivity index (χ1v) is 6.56. The molecule has 1 aliphatic carbocycles. The van der Waals surface area contributed by atoms with Crippen LogP contribution in [0.3, 0.4) is 0 Å². The summed E-state index contributed by atoms with van der Waals surface area (Å²) in [5, 5.41) is 3.79. The molecule has 3 rings (SSSR count). The Morgan fingerprint density at radius 1 is 1.27 bits per heavy atom. The lowest BCUT2D eigenvalue weighted by molar-refractivity contribution is 1.16. The van der Waals surface area contributed by atoms with Crippen LogP contribution in [0.1, 0.15) is 43.7 Å². The van der Waals surface area contributed by atoms with E-state index < -0.39 is 0 Å². The normalized spacial score (nSPS) is 14.9. The van der Waals surface area contributed by atoms with E-state index >= 15 is 0 Å². The van der Waals surface area contributed by atoms with E-state index in [0.29, 0.717) is 0 Å². The molecule has 1 fully saturated rings. The molecular formula is C13H17NS. The van der Waals surface area contributed by atoms with Crippen molar-refractivity contribution in [2.24, 2.45) is 0 Å². The lowest BCUT2D eigenvalue weighted by Crippen LogP contribution is -1.81. The van der Waals surface area contributed by atoms with Crippen molar-refractivity contribution in [3.05, 3.63) is 28.9 Å². The molecule has 0 spiro atoms. The van der Waals surface area contributed by atoms with Gasteiger partial charge in [0.15, 0.2) is 0 Å². The Kier molecular flexibility index (Phi) is 3.06.